The van der Waals surface area contributed by atoms with Crippen molar-refractivity contribution in [1.82, 2.24) is 4.98 Å². The van der Waals surface area contributed by atoms with Gasteiger partial charge in [-0.1, -0.05) is 0 Å². The number of amidine groups is 1. The molecule has 23 heavy (non-hydrogen) atoms. The van der Waals surface area contributed by atoms with Crippen molar-refractivity contribution in [2.45, 2.75) is 12.8 Å². The van der Waals surface area contributed by atoms with Gasteiger partial charge in [0.1, 0.15) is 6.07 Å². The summed E-state index contributed by atoms with van der Waals surface area (Å²) in [4.78, 5) is 6.84. The third-order valence-electron chi connectivity index (χ3n) is 3.84. The summed E-state index contributed by atoms with van der Waals surface area (Å²) in [6, 6.07) is 9.54. The van der Waals surface area contributed by atoms with E-state index in [1.807, 2.05) is 24.3 Å². The molecule has 7 nitrogen and oxygen atoms in total. The van der Waals surface area contributed by atoms with Gasteiger partial charge >= 0.3 is 0 Å². The Kier molecular flexibility index (Phi) is 4.06. The summed E-state index contributed by atoms with van der Waals surface area (Å²) in [7, 11) is 0. The molecule has 4 N–H and O–H groups in total. The Hall–Kier alpha value is -3.14. The number of pyridine rings is 1. The lowest BCUT2D eigenvalue weighted by molar-refractivity contribution is 0.949. The molecule has 1 aromatic heterocycles. The molecule has 0 spiro atoms. The molecule has 1 fully saturated rings. The van der Waals surface area contributed by atoms with Crippen molar-refractivity contribution in [3.8, 4) is 6.07 Å². The first kappa shape index (κ1) is 14.8. The van der Waals surface area contributed by atoms with Gasteiger partial charge in [0, 0.05) is 24.7 Å². The molecule has 0 bridgehead atoms. The summed E-state index contributed by atoms with van der Waals surface area (Å²) >= 11 is 0. The van der Waals surface area contributed by atoms with Gasteiger partial charge < -0.3 is 10.6 Å². The second-order valence-electron chi connectivity index (χ2n) is 5.32. The van der Waals surface area contributed by atoms with Crippen molar-refractivity contribution in [2.24, 2.45) is 10.8 Å². The monoisotopic (exact) mass is 307 g/mol. The first-order valence-corrected chi connectivity index (χ1v) is 7.41. The summed E-state index contributed by atoms with van der Waals surface area (Å²) in [5, 5.41) is 21.0. The lowest BCUT2D eigenvalue weighted by Gasteiger charge is -2.20. The van der Waals surface area contributed by atoms with E-state index < -0.39 is 0 Å². The third kappa shape index (κ3) is 2.92. The average Bonchev–Trinajstić information content (AvgIpc) is 3.09. The van der Waals surface area contributed by atoms with E-state index in [0.29, 0.717) is 0 Å². The number of fused-ring (bicyclic) bond motifs is 1. The number of nitriles is 1. The quantitative estimate of drug-likeness (QED) is 0.454. The van der Waals surface area contributed by atoms with Crippen LogP contribution in [-0.2, 0) is 0 Å². The highest BCUT2D eigenvalue weighted by Gasteiger charge is 2.16. The maximum absolute atomic E-state index is 8.91. The minimum Gasteiger partial charge on any atom is -0.382 e. The molecule has 2 heterocycles. The summed E-state index contributed by atoms with van der Waals surface area (Å²) < 4.78 is 0. The molecule has 1 aromatic carbocycles. The van der Waals surface area contributed by atoms with E-state index in [2.05, 4.69) is 20.4 Å². The van der Waals surface area contributed by atoms with Gasteiger partial charge in [-0.25, -0.2) is 0 Å². The van der Waals surface area contributed by atoms with Gasteiger partial charge in [-0.3, -0.25) is 15.8 Å². The SMILES string of the molecule is N#C/C(=N\Nc1ccc(N2CCCC2)c2ncccc12)C(=N)N. The number of aromatic nitrogens is 1. The van der Waals surface area contributed by atoms with Crippen molar-refractivity contribution in [2.75, 3.05) is 23.4 Å². The maximum Gasteiger partial charge on any atom is 0.201 e. The minimum atomic E-state index is -0.365. The number of nitrogens with one attached hydrogen (secondary N) is 2. The summed E-state index contributed by atoms with van der Waals surface area (Å²) in [6.45, 7) is 2.08. The topological polar surface area (TPSA) is 114 Å². The van der Waals surface area contributed by atoms with E-state index in [-0.39, 0.29) is 11.5 Å². The number of benzene rings is 1. The number of anilines is 2. The van der Waals surface area contributed by atoms with Gasteiger partial charge in [0.25, 0.3) is 0 Å². The van der Waals surface area contributed by atoms with Crippen molar-refractivity contribution in [3.63, 3.8) is 0 Å². The highest BCUT2D eigenvalue weighted by Crippen LogP contribution is 2.32. The van der Waals surface area contributed by atoms with Gasteiger partial charge in [-0.05, 0) is 37.1 Å². The second kappa shape index (κ2) is 6.32. The molecule has 0 amide bonds. The van der Waals surface area contributed by atoms with Gasteiger partial charge in [0.2, 0.25) is 5.71 Å². The molecular formula is C16H17N7. The minimum absolute atomic E-state index is 0.148. The molecule has 116 valence electrons. The first-order valence-electron chi connectivity index (χ1n) is 7.41. The van der Waals surface area contributed by atoms with Crippen molar-refractivity contribution in [3.05, 3.63) is 30.5 Å². The number of nitrogens with two attached hydrogens (primary N) is 1. The molecule has 0 saturated carbocycles. The van der Waals surface area contributed by atoms with Crippen LogP contribution in [0.1, 0.15) is 12.8 Å². The molecular weight excluding hydrogens is 290 g/mol. The Labute approximate surface area is 133 Å². The fraction of sp³-hybridized carbons (Fsp3) is 0.250. The predicted molar refractivity (Wildman–Crippen MR) is 91.8 cm³/mol. The van der Waals surface area contributed by atoms with Gasteiger partial charge in [-0.15, -0.1) is 0 Å². The molecule has 1 aliphatic rings. The van der Waals surface area contributed by atoms with E-state index in [4.69, 9.17) is 16.4 Å². The Morgan fingerprint density at radius 2 is 2.13 bits per heavy atom. The molecule has 1 aliphatic heterocycles. The van der Waals surface area contributed by atoms with Crippen LogP contribution in [0.15, 0.2) is 35.6 Å². The molecule has 0 unspecified atom stereocenters. The van der Waals surface area contributed by atoms with Crippen molar-refractivity contribution >= 4 is 33.8 Å². The average molecular weight is 307 g/mol. The Bertz CT molecular complexity index is 813. The molecule has 0 aliphatic carbocycles. The predicted octanol–water partition coefficient (Wildman–Crippen LogP) is 2.06. The van der Waals surface area contributed by atoms with Crippen LogP contribution in [-0.4, -0.2) is 29.6 Å². The molecule has 2 aromatic rings. The third-order valence-corrected chi connectivity index (χ3v) is 3.84. The summed E-state index contributed by atoms with van der Waals surface area (Å²) in [5.41, 5.74) is 10.7. The van der Waals surface area contributed by atoms with Crippen LogP contribution in [0.3, 0.4) is 0 Å². The summed E-state index contributed by atoms with van der Waals surface area (Å²) in [6.07, 6.45) is 4.16. The van der Waals surface area contributed by atoms with Gasteiger partial charge in [0.15, 0.2) is 5.84 Å². The second-order valence-corrected chi connectivity index (χ2v) is 5.32. The standard InChI is InChI=1S/C16H17N7/c17-10-13(16(18)19)22-21-12-5-6-14(23-8-1-2-9-23)15-11(12)4-3-7-20-15/h3-7,21H,1-2,8-9H2,(H3,18,19)/b22-13+. The lowest BCUT2D eigenvalue weighted by Crippen LogP contribution is -2.22. The largest absolute Gasteiger partial charge is 0.382 e. The van der Waals surface area contributed by atoms with E-state index in [1.165, 1.54) is 12.8 Å². The first-order chi connectivity index (χ1) is 11.2. The van der Waals surface area contributed by atoms with Crippen LogP contribution >= 0.6 is 0 Å². The lowest BCUT2D eigenvalue weighted by atomic mass is 10.1. The Balaban J connectivity index is 2.01. The van der Waals surface area contributed by atoms with E-state index in [9.17, 15) is 0 Å². The summed E-state index contributed by atoms with van der Waals surface area (Å²) in [5.74, 6) is -0.365. The number of rotatable bonds is 4. The maximum atomic E-state index is 8.91. The fourth-order valence-electron chi connectivity index (χ4n) is 2.73. The van der Waals surface area contributed by atoms with Crippen LogP contribution in [0, 0.1) is 16.7 Å². The number of nitrogens with zero attached hydrogens (tertiary/aromatic N) is 4. The van der Waals surface area contributed by atoms with Crippen LogP contribution in [0.25, 0.3) is 10.9 Å². The smallest absolute Gasteiger partial charge is 0.201 e. The zero-order valence-corrected chi connectivity index (χ0v) is 12.6. The molecule has 7 heteroatoms. The Morgan fingerprint density at radius 1 is 1.35 bits per heavy atom. The van der Waals surface area contributed by atoms with Gasteiger partial charge in [0.05, 0.1) is 16.9 Å². The number of hydrazone groups is 1. The van der Waals surface area contributed by atoms with Crippen LogP contribution in [0.2, 0.25) is 0 Å². The molecule has 3 rings (SSSR count). The molecule has 1 saturated heterocycles. The highest BCUT2D eigenvalue weighted by atomic mass is 15.3. The van der Waals surface area contributed by atoms with Crippen molar-refractivity contribution in [1.29, 1.82) is 10.7 Å². The van der Waals surface area contributed by atoms with E-state index >= 15 is 0 Å². The molecule has 0 radical (unpaired) electrons. The van der Waals surface area contributed by atoms with Gasteiger partial charge in [-0.2, -0.15) is 10.4 Å². The van der Waals surface area contributed by atoms with Crippen LogP contribution in [0.5, 0.6) is 0 Å². The van der Waals surface area contributed by atoms with E-state index in [0.717, 1.165) is 35.4 Å². The zero-order valence-electron chi connectivity index (χ0n) is 12.6. The van der Waals surface area contributed by atoms with Crippen molar-refractivity contribution < 1.29 is 0 Å². The highest BCUT2D eigenvalue weighted by molar-refractivity contribution is 6.45. The van der Waals surface area contributed by atoms with Crippen LogP contribution < -0.4 is 16.1 Å². The molecule has 0 atom stereocenters. The Morgan fingerprint density at radius 3 is 2.83 bits per heavy atom. The number of hydrogen-bond acceptors (Lipinski definition) is 6. The zero-order chi connectivity index (χ0) is 16.2. The fourth-order valence-corrected chi connectivity index (χ4v) is 2.73. The van der Waals surface area contributed by atoms with Crippen LogP contribution in [0.4, 0.5) is 11.4 Å². The van der Waals surface area contributed by atoms with E-state index in [1.54, 1.807) is 12.3 Å². The number of hydrogen-bond donors (Lipinski definition) is 3. The normalized spacial score (nSPS) is 14.7.